The molecule has 0 aliphatic heterocycles. The number of hydrogen-bond acceptors (Lipinski definition) is 5. The summed E-state index contributed by atoms with van der Waals surface area (Å²) in [6, 6.07) is 4.08. The molecule has 0 fully saturated rings. The van der Waals surface area contributed by atoms with Crippen LogP contribution < -0.4 is 10.1 Å². The molecule has 1 aromatic carbocycles. The van der Waals surface area contributed by atoms with E-state index in [1.807, 2.05) is 0 Å². The minimum absolute atomic E-state index is 0.181. The first-order valence-corrected chi connectivity index (χ1v) is 6.63. The highest BCUT2D eigenvalue weighted by atomic mass is 35.5. The summed E-state index contributed by atoms with van der Waals surface area (Å²) in [7, 11) is 1.47. The van der Waals surface area contributed by atoms with E-state index >= 15 is 0 Å². The molecule has 0 unspecified atom stereocenters. The highest BCUT2D eigenvalue weighted by molar-refractivity contribution is 6.31. The Morgan fingerprint density at radius 3 is 2.86 bits per heavy atom. The zero-order valence-electron chi connectivity index (χ0n) is 11.8. The van der Waals surface area contributed by atoms with Crippen LogP contribution in [0.2, 0.25) is 5.02 Å². The van der Waals surface area contributed by atoms with Gasteiger partial charge in [0.2, 0.25) is 5.91 Å². The largest absolute Gasteiger partial charge is 0.495 e. The maximum Gasteiger partial charge on any atom is 0.307 e. The monoisotopic (exact) mass is 324 g/mol. The van der Waals surface area contributed by atoms with E-state index in [0.717, 1.165) is 6.20 Å². The first-order chi connectivity index (χ1) is 10.4. The number of nitro groups is 1. The highest BCUT2D eigenvalue weighted by Gasteiger charge is 2.20. The minimum atomic E-state index is -0.739. The number of rotatable bonds is 5. The number of carbonyl (C=O) groups is 1. The van der Waals surface area contributed by atoms with Gasteiger partial charge >= 0.3 is 5.69 Å². The van der Waals surface area contributed by atoms with Crippen molar-refractivity contribution in [3.05, 3.63) is 45.7 Å². The number of methoxy groups -OCH3 is 1. The van der Waals surface area contributed by atoms with Gasteiger partial charge < -0.3 is 10.1 Å². The molecule has 1 heterocycles. The van der Waals surface area contributed by atoms with Crippen molar-refractivity contribution in [2.24, 2.45) is 0 Å². The summed E-state index contributed by atoms with van der Waals surface area (Å²) in [5.41, 5.74) is 0.230. The standard InChI is InChI=1S/C13H13ClN4O4/c1-8(17-7-10(6-15-17)18(20)21)13(19)16-11-5-9(14)3-4-12(11)22-2/h3-8H,1-2H3,(H,16,19)/t8-/m0/s1. The summed E-state index contributed by atoms with van der Waals surface area (Å²) in [6.07, 6.45) is 2.28. The molecule has 1 aromatic heterocycles. The maximum atomic E-state index is 12.2. The number of nitrogens with one attached hydrogen (secondary N) is 1. The Balaban J connectivity index is 2.17. The Morgan fingerprint density at radius 2 is 2.27 bits per heavy atom. The average molecular weight is 325 g/mol. The Labute approximate surface area is 130 Å². The molecule has 116 valence electrons. The van der Waals surface area contributed by atoms with E-state index in [0.29, 0.717) is 16.5 Å². The Hall–Kier alpha value is -2.61. The number of ether oxygens (including phenoxy) is 1. The first kappa shape index (κ1) is 15.8. The van der Waals surface area contributed by atoms with Gasteiger partial charge in [-0.05, 0) is 25.1 Å². The van der Waals surface area contributed by atoms with E-state index in [9.17, 15) is 14.9 Å². The van der Waals surface area contributed by atoms with E-state index in [2.05, 4.69) is 10.4 Å². The van der Waals surface area contributed by atoms with E-state index in [1.165, 1.54) is 18.0 Å². The molecule has 1 atom stereocenters. The van der Waals surface area contributed by atoms with Crippen molar-refractivity contribution in [3.8, 4) is 5.75 Å². The summed E-state index contributed by atoms with van der Waals surface area (Å²) in [5.74, 6) is 0.0509. The van der Waals surface area contributed by atoms with Gasteiger partial charge in [-0.15, -0.1) is 0 Å². The molecule has 0 bridgehead atoms. The topological polar surface area (TPSA) is 99.3 Å². The number of benzene rings is 1. The Morgan fingerprint density at radius 1 is 1.55 bits per heavy atom. The minimum Gasteiger partial charge on any atom is -0.495 e. The third-order valence-electron chi connectivity index (χ3n) is 2.99. The second-order valence-electron chi connectivity index (χ2n) is 4.45. The zero-order chi connectivity index (χ0) is 16.3. The van der Waals surface area contributed by atoms with Crippen molar-refractivity contribution in [1.29, 1.82) is 0 Å². The van der Waals surface area contributed by atoms with Crippen molar-refractivity contribution < 1.29 is 14.5 Å². The van der Waals surface area contributed by atoms with E-state index in [-0.39, 0.29) is 5.69 Å². The SMILES string of the molecule is COc1ccc(Cl)cc1NC(=O)[C@H](C)n1cc([N+](=O)[O-])cn1. The third-order valence-corrected chi connectivity index (χ3v) is 3.23. The quantitative estimate of drug-likeness (QED) is 0.673. The summed E-state index contributed by atoms with van der Waals surface area (Å²) in [4.78, 5) is 22.3. The van der Waals surface area contributed by atoms with Gasteiger partial charge in [-0.1, -0.05) is 11.6 Å². The van der Waals surface area contributed by atoms with Gasteiger partial charge in [-0.25, -0.2) is 0 Å². The molecule has 9 heteroatoms. The summed E-state index contributed by atoms with van der Waals surface area (Å²) in [5, 5.41) is 17.6. The van der Waals surface area contributed by atoms with Gasteiger partial charge in [-0.2, -0.15) is 5.10 Å². The Bertz CT molecular complexity index is 716. The van der Waals surface area contributed by atoms with Gasteiger partial charge in [0.25, 0.3) is 0 Å². The van der Waals surface area contributed by atoms with Gasteiger partial charge in [-0.3, -0.25) is 19.6 Å². The lowest BCUT2D eigenvalue weighted by atomic mass is 10.2. The lowest BCUT2D eigenvalue weighted by Gasteiger charge is -2.14. The molecule has 0 aliphatic carbocycles. The number of carbonyl (C=O) groups excluding carboxylic acids is 1. The molecule has 0 radical (unpaired) electrons. The number of anilines is 1. The van der Waals surface area contributed by atoms with Crippen LogP contribution in [-0.4, -0.2) is 27.7 Å². The van der Waals surface area contributed by atoms with Crippen LogP contribution in [0.25, 0.3) is 0 Å². The summed E-state index contributed by atoms with van der Waals surface area (Å²) in [6.45, 7) is 1.57. The van der Waals surface area contributed by atoms with Crippen LogP contribution in [0.5, 0.6) is 5.75 Å². The van der Waals surface area contributed by atoms with Crippen LogP contribution in [0, 0.1) is 10.1 Å². The first-order valence-electron chi connectivity index (χ1n) is 6.25. The second-order valence-corrected chi connectivity index (χ2v) is 4.88. The molecule has 22 heavy (non-hydrogen) atoms. The van der Waals surface area contributed by atoms with Gasteiger partial charge in [0, 0.05) is 5.02 Å². The molecule has 1 N–H and O–H groups in total. The fraction of sp³-hybridized carbons (Fsp3) is 0.231. The molecule has 0 aliphatic rings. The van der Waals surface area contributed by atoms with Crippen LogP contribution in [-0.2, 0) is 4.79 Å². The molecule has 1 amide bonds. The number of aromatic nitrogens is 2. The number of amides is 1. The fourth-order valence-electron chi connectivity index (χ4n) is 1.77. The third kappa shape index (κ3) is 3.34. The smallest absolute Gasteiger partial charge is 0.307 e. The molecule has 2 aromatic rings. The highest BCUT2D eigenvalue weighted by Crippen LogP contribution is 2.28. The van der Waals surface area contributed by atoms with Crippen LogP contribution in [0.3, 0.4) is 0 Å². The number of hydrogen-bond donors (Lipinski definition) is 1. The van der Waals surface area contributed by atoms with Crippen molar-refractivity contribution in [1.82, 2.24) is 9.78 Å². The molecule has 2 rings (SSSR count). The van der Waals surface area contributed by atoms with E-state index in [4.69, 9.17) is 16.3 Å². The fourth-order valence-corrected chi connectivity index (χ4v) is 1.94. The maximum absolute atomic E-state index is 12.2. The predicted octanol–water partition coefficient (Wildman–Crippen LogP) is 2.65. The lowest BCUT2D eigenvalue weighted by molar-refractivity contribution is -0.385. The molecule has 8 nitrogen and oxygen atoms in total. The average Bonchev–Trinajstić information content (AvgIpc) is 2.96. The van der Waals surface area contributed by atoms with Crippen molar-refractivity contribution >= 4 is 28.9 Å². The molecular weight excluding hydrogens is 312 g/mol. The van der Waals surface area contributed by atoms with Gasteiger partial charge in [0.1, 0.15) is 24.2 Å². The number of nitrogens with zero attached hydrogens (tertiary/aromatic N) is 3. The van der Waals surface area contributed by atoms with Gasteiger partial charge in [0.05, 0.1) is 17.7 Å². The number of halogens is 1. The second kappa shape index (κ2) is 6.44. The molecule has 0 saturated carbocycles. The Kier molecular flexibility index (Phi) is 4.62. The zero-order valence-corrected chi connectivity index (χ0v) is 12.6. The van der Waals surface area contributed by atoms with Crippen molar-refractivity contribution in [2.75, 3.05) is 12.4 Å². The molecular formula is C13H13ClN4O4. The van der Waals surface area contributed by atoms with Crippen LogP contribution >= 0.6 is 11.6 Å². The predicted molar refractivity (Wildman–Crippen MR) is 80.2 cm³/mol. The van der Waals surface area contributed by atoms with Crippen LogP contribution in [0.4, 0.5) is 11.4 Å². The van der Waals surface area contributed by atoms with E-state index < -0.39 is 16.9 Å². The molecule has 0 saturated heterocycles. The van der Waals surface area contributed by atoms with Crippen LogP contribution in [0.15, 0.2) is 30.6 Å². The summed E-state index contributed by atoms with van der Waals surface area (Å²) < 4.78 is 6.35. The van der Waals surface area contributed by atoms with Crippen molar-refractivity contribution in [2.45, 2.75) is 13.0 Å². The normalized spacial score (nSPS) is 11.8. The van der Waals surface area contributed by atoms with E-state index in [1.54, 1.807) is 25.1 Å². The summed E-state index contributed by atoms with van der Waals surface area (Å²) >= 11 is 5.89. The lowest BCUT2D eigenvalue weighted by Crippen LogP contribution is -2.24. The molecule has 0 spiro atoms. The van der Waals surface area contributed by atoms with Gasteiger partial charge in [0.15, 0.2) is 0 Å². The van der Waals surface area contributed by atoms with Crippen molar-refractivity contribution in [3.63, 3.8) is 0 Å². The van der Waals surface area contributed by atoms with Crippen LogP contribution in [0.1, 0.15) is 13.0 Å².